The summed E-state index contributed by atoms with van der Waals surface area (Å²) >= 11 is 3.97. The first-order chi connectivity index (χ1) is 9.72. The zero-order chi connectivity index (χ0) is 13.9. The van der Waals surface area contributed by atoms with E-state index in [1.807, 2.05) is 6.20 Å². The second-order valence-electron chi connectivity index (χ2n) is 6.92. The SMILES string of the molecule is Cc1ccc(CC(Br)C2CCC3CCCCC3C2)nc1. The number of aryl methyl sites for hydroxylation is 1. The van der Waals surface area contributed by atoms with Gasteiger partial charge in [0.15, 0.2) is 0 Å². The van der Waals surface area contributed by atoms with Crippen molar-refractivity contribution in [3.63, 3.8) is 0 Å². The predicted molar refractivity (Wildman–Crippen MR) is 88.2 cm³/mol. The predicted octanol–water partition coefficient (Wildman–Crippen LogP) is 5.30. The summed E-state index contributed by atoms with van der Waals surface area (Å²) in [4.78, 5) is 5.18. The van der Waals surface area contributed by atoms with Crippen molar-refractivity contribution in [2.45, 2.75) is 63.1 Å². The van der Waals surface area contributed by atoms with E-state index in [4.69, 9.17) is 0 Å². The Labute approximate surface area is 131 Å². The van der Waals surface area contributed by atoms with E-state index in [-0.39, 0.29) is 0 Å². The zero-order valence-corrected chi connectivity index (χ0v) is 14.1. The molecule has 2 aliphatic rings. The summed E-state index contributed by atoms with van der Waals surface area (Å²) in [6, 6.07) is 4.37. The minimum Gasteiger partial charge on any atom is -0.261 e. The molecule has 0 aromatic carbocycles. The number of hydrogen-bond donors (Lipinski definition) is 0. The lowest BCUT2D eigenvalue weighted by Gasteiger charge is -2.40. The van der Waals surface area contributed by atoms with E-state index < -0.39 is 0 Å². The highest BCUT2D eigenvalue weighted by Gasteiger charge is 2.34. The van der Waals surface area contributed by atoms with Gasteiger partial charge in [-0.2, -0.15) is 0 Å². The van der Waals surface area contributed by atoms with Crippen molar-refractivity contribution in [3.05, 3.63) is 29.6 Å². The van der Waals surface area contributed by atoms with Crippen molar-refractivity contribution < 1.29 is 0 Å². The largest absolute Gasteiger partial charge is 0.261 e. The van der Waals surface area contributed by atoms with Crippen LogP contribution in [0.25, 0.3) is 0 Å². The van der Waals surface area contributed by atoms with Gasteiger partial charge in [0.2, 0.25) is 0 Å². The molecule has 1 heterocycles. The van der Waals surface area contributed by atoms with E-state index >= 15 is 0 Å². The lowest BCUT2D eigenvalue weighted by Crippen LogP contribution is -2.32. The molecule has 2 saturated carbocycles. The summed E-state index contributed by atoms with van der Waals surface area (Å²) in [7, 11) is 0. The quantitative estimate of drug-likeness (QED) is 0.682. The molecule has 2 aliphatic carbocycles. The molecule has 110 valence electrons. The molecule has 0 amide bonds. The monoisotopic (exact) mass is 335 g/mol. The van der Waals surface area contributed by atoms with E-state index in [1.54, 1.807) is 0 Å². The summed E-state index contributed by atoms with van der Waals surface area (Å²) < 4.78 is 0. The van der Waals surface area contributed by atoms with Crippen molar-refractivity contribution in [1.82, 2.24) is 4.98 Å². The van der Waals surface area contributed by atoms with Crippen molar-refractivity contribution in [2.75, 3.05) is 0 Å². The minimum absolute atomic E-state index is 0.612. The maximum absolute atomic E-state index is 4.56. The Bertz CT molecular complexity index is 428. The molecule has 0 saturated heterocycles. The molecule has 0 spiro atoms. The van der Waals surface area contributed by atoms with E-state index in [0.29, 0.717) is 4.83 Å². The van der Waals surface area contributed by atoms with Gasteiger partial charge in [0.1, 0.15) is 0 Å². The number of fused-ring (bicyclic) bond motifs is 1. The van der Waals surface area contributed by atoms with Crippen LogP contribution in [0, 0.1) is 24.7 Å². The Morgan fingerprint density at radius 2 is 1.95 bits per heavy atom. The van der Waals surface area contributed by atoms with Crippen LogP contribution in [0.2, 0.25) is 0 Å². The molecule has 20 heavy (non-hydrogen) atoms. The van der Waals surface area contributed by atoms with Crippen molar-refractivity contribution in [1.29, 1.82) is 0 Å². The standard InChI is InChI=1S/C18H26BrN/c1-13-6-9-17(20-12-13)11-18(19)16-8-7-14-4-2-3-5-15(14)10-16/h6,9,12,14-16,18H,2-5,7-8,10-11H2,1H3. The molecular formula is C18H26BrN. The number of alkyl halides is 1. The molecular weight excluding hydrogens is 310 g/mol. The summed E-state index contributed by atoms with van der Waals surface area (Å²) in [5, 5.41) is 0. The topological polar surface area (TPSA) is 12.9 Å². The van der Waals surface area contributed by atoms with Gasteiger partial charge in [0, 0.05) is 23.1 Å². The minimum atomic E-state index is 0.612. The van der Waals surface area contributed by atoms with Gasteiger partial charge in [-0.05, 0) is 55.6 Å². The second kappa shape index (κ2) is 6.60. The lowest BCUT2D eigenvalue weighted by atomic mass is 9.67. The molecule has 0 N–H and O–H groups in total. The zero-order valence-electron chi connectivity index (χ0n) is 12.5. The average Bonchev–Trinajstić information content (AvgIpc) is 2.49. The van der Waals surface area contributed by atoms with Crippen LogP contribution in [-0.4, -0.2) is 9.81 Å². The van der Waals surface area contributed by atoms with E-state index in [0.717, 1.165) is 24.2 Å². The van der Waals surface area contributed by atoms with Crippen LogP contribution < -0.4 is 0 Å². The molecule has 4 atom stereocenters. The number of nitrogens with zero attached hydrogens (tertiary/aromatic N) is 1. The van der Waals surface area contributed by atoms with Crippen LogP contribution in [-0.2, 0) is 6.42 Å². The normalized spacial score (nSPS) is 31.6. The van der Waals surface area contributed by atoms with Crippen LogP contribution in [0.3, 0.4) is 0 Å². The number of rotatable bonds is 3. The first-order valence-electron chi connectivity index (χ1n) is 8.28. The number of hydrogen-bond acceptors (Lipinski definition) is 1. The smallest absolute Gasteiger partial charge is 0.0415 e. The molecule has 1 aromatic rings. The first-order valence-corrected chi connectivity index (χ1v) is 9.19. The molecule has 1 aromatic heterocycles. The van der Waals surface area contributed by atoms with Gasteiger partial charge in [-0.1, -0.05) is 47.7 Å². The molecule has 3 rings (SSSR count). The number of aromatic nitrogens is 1. The van der Waals surface area contributed by atoms with Crippen molar-refractivity contribution in [3.8, 4) is 0 Å². The van der Waals surface area contributed by atoms with Crippen LogP contribution in [0.1, 0.15) is 56.2 Å². The Morgan fingerprint density at radius 1 is 1.15 bits per heavy atom. The summed E-state index contributed by atoms with van der Waals surface area (Å²) in [6.07, 6.45) is 13.4. The lowest BCUT2D eigenvalue weighted by molar-refractivity contribution is 0.129. The Hall–Kier alpha value is -0.370. The molecule has 1 nitrogen and oxygen atoms in total. The summed E-state index contributed by atoms with van der Waals surface area (Å²) in [6.45, 7) is 2.10. The van der Waals surface area contributed by atoms with Gasteiger partial charge >= 0.3 is 0 Å². The maximum Gasteiger partial charge on any atom is 0.0415 e. The van der Waals surface area contributed by atoms with Gasteiger partial charge in [-0.15, -0.1) is 0 Å². The van der Waals surface area contributed by atoms with Crippen LogP contribution >= 0.6 is 15.9 Å². The fraction of sp³-hybridized carbons (Fsp3) is 0.722. The maximum atomic E-state index is 4.56. The van der Waals surface area contributed by atoms with Crippen LogP contribution in [0.15, 0.2) is 18.3 Å². The first kappa shape index (κ1) is 14.6. The van der Waals surface area contributed by atoms with Crippen molar-refractivity contribution in [2.24, 2.45) is 17.8 Å². The molecule has 0 radical (unpaired) electrons. The Kier molecular flexibility index (Phi) is 4.80. The highest BCUT2D eigenvalue weighted by Crippen LogP contribution is 2.45. The third-order valence-electron chi connectivity index (χ3n) is 5.47. The van der Waals surface area contributed by atoms with Gasteiger partial charge in [0.05, 0.1) is 0 Å². The number of halogens is 1. The Morgan fingerprint density at radius 3 is 2.70 bits per heavy atom. The summed E-state index contributed by atoms with van der Waals surface area (Å²) in [5.74, 6) is 2.93. The Balaban J connectivity index is 1.57. The van der Waals surface area contributed by atoms with Crippen molar-refractivity contribution >= 4 is 15.9 Å². The highest BCUT2D eigenvalue weighted by atomic mass is 79.9. The third kappa shape index (κ3) is 3.44. The summed E-state index contributed by atoms with van der Waals surface area (Å²) in [5.41, 5.74) is 2.49. The van der Waals surface area contributed by atoms with Crippen LogP contribution in [0.4, 0.5) is 0 Å². The fourth-order valence-corrected chi connectivity index (χ4v) is 5.04. The second-order valence-corrected chi connectivity index (χ2v) is 8.10. The number of pyridine rings is 1. The highest BCUT2D eigenvalue weighted by molar-refractivity contribution is 9.09. The fourth-order valence-electron chi connectivity index (χ4n) is 4.22. The van der Waals surface area contributed by atoms with Gasteiger partial charge in [-0.25, -0.2) is 0 Å². The van der Waals surface area contributed by atoms with Gasteiger partial charge in [0.25, 0.3) is 0 Å². The third-order valence-corrected chi connectivity index (χ3v) is 6.54. The average molecular weight is 336 g/mol. The van der Waals surface area contributed by atoms with Gasteiger partial charge < -0.3 is 0 Å². The van der Waals surface area contributed by atoms with Crippen LogP contribution in [0.5, 0.6) is 0 Å². The molecule has 0 aliphatic heterocycles. The molecule has 2 fully saturated rings. The van der Waals surface area contributed by atoms with E-state index in [9.17, 15) is 0 Å². The van der Waals surface area contributed by atoms with Gasteiger partial charge in [-0.3, -0.25) is 4.98 Å². The van der Waals surface area contributed by atoms with E-state index in [1.165, 1.54) is 56.2 Å². The molecule has 4 unspecified atom stereocenters. The van der Waals surface area contributed by atoms with E-state index in [2.05, 4.69) is 40.0 Å². The molecule has 0 bridgehead atoms. The molecule has 2 heteroatoms.